The second-order valence-electron chi connectivity index (χ2n) is 6.08. The lowest BCUT2D eigenvalue weighted by Crippen LogP contribution is -2.44. The molecule has 0 saturated heterocycles. The number of nitro groups is 1. The Labute approximate surface area is 180 Å². The Balaban J connectivity index is 1.55. The Kier molecular flexibility index (Phi) is 6.76. The summed E-state index contributed by atoms with van der Waals surface area (Å²) in [5.41, 5.74) is 5.82. The van der Waals surface area contributed by atoms with E-state index in [9.17, 15) is 19.7 Å². The number of nitrogens with zero attached hydrogens (tertiary/aromatic N) is 1. The average molecular weight is 470 g/mol. The molecule has 0 unspecified atom stereocenters. The largest absolute Gasteiger partial charge is 0.483 e. The van der Waals surface area contributed by atoms with Gasteiger partial charge >= 0.3 is 0 Å². The van der Waals surface area contributed by atoms with Crippen molar-refractivity contribution in [2.75, 3.05) is 6.61 Å². The molecular formula is C21H16BrN3O5. The van der Waals surface area contributed by atoms with Gasteiger partial charge in [0.2, 0.25) is 0 Å². The lowest BCUT2D eigenvalue weighted by Gasteiger charge is -2.11. The molecule has 30 heavy (non-hydrogen) atoms. The van der Waals surface area contributed by atoms with Gasteiger partial charge in [0.25, 0.3) is 17.5 Å². The molecule has 0 saturated carbocycles. The Hall–Kier alpha value is -3.72. The van der Waals surface area contributed by atoms with E-state index >= 15 is 0 Å². The number of carbonyl (C=O) groups is 2. The molecule has 3 aromatic carbocycles. The number of rotatable bonds is 6. The summed E-state index contributed by atoms with van der Waals surface area (Å²) in [6.07, 6.45) is 0. The van der Waals surface area contributed by atoms with Crippen LogP contribution < -0.4 is 15.6 Å². The van der Waals surface area contributed by atoms with Crippen LogP contribution in [0, 0.1) is 10.1 Å². The molecule has 2 N–H and O–H groups in total. The van der Waals surface area contributed by atoms with Crippen molar-refractivity contribution in [2.45, 2.75) is 0 Å². The first kappa shape index (κ1) is 21.0. The Morgan fingerprint density at radius 1 is 0.933 bits per heavy atom. The molecule has 0 aromatic heterocycles. The molecule has 9 heteroatoms. The van der Waals surface area contributed by atoms with Crippen LogP contribution >= 0.6 is 15.9 Å². The number of hydrazine groups is 1. The topological polar surface area (TPSA) is 111 Å². The Morgan fingerprint density at radius 2 is 1.63 bits per heavy atom. The maximum atomic E-state index is 12.1. The molecule has 8 nitrogen and oxygen atoms in total. The van der Waals surface area contributed by atoms with Crippen molar-refractivity contribution in [3.05, 3.63) is 92.9 Å². The van der Waals surface area contributed by atoms with Crippen molar-refractivity contribution in [3.63, 3.8) is 0 Å². The second kappa shape index (κ2) is 9.66. The molecule has 3 aromatic rings. The maximum Gasteiger partial charge on any atom is 0.282 e. The molecule has 0 aliphatic carbocycles. The van der Waals surface area contributed by atoms with Gasteiger partial charge in [-0.15, -0.1) is 0 Å². The normalized spacial score (nSPS) is 10.2. The number of nitrogens with one attached hydrogen (secondary N) is 2. The highest BCUT2D eigenvalue weighted by Crippen LogP contribution is 2.30. The van der Waals surface area contributed by atoms with Gasteiger partial charge in [-0.1, -0.05) is 48.5 Å². The Bertz CT molecular complexity index is 1090. The molecule has 152 valence electrons. The van der Waals surface area contributed by atoms with Crippen LogP contribution in [-0.2, 0) is 4.79 Å². The average Bonchev–Trinajstić information content (AvgIpc) is 2.77. The molecule has 0 spiro atoms. The summed E-state index contributed by atoms with van der Waals surface area (Å²) in [6, 6.07) is 20.7. The van der Waals surface area contributed by atoms with Crippen LogP contribution in [0.25, 0.3) is 11.1 Å². The Morgan fingerprint density at radius 3 is 2.33 bits per heavy atom. The van der Waals surface area contributed by atoms with E-state index in [2.05, 4.69) is 26.8 Å². The third-order valence-electron chi connectivity index (χ3n) is 4.06. The second-order valence-corrected chi connectivity index (χ2v) is 6.93. The van der Waals surface area contributed by atoms with Crippen LogP contribution in [0.3, 0.4) is 0 Å². The number of benzene rings is 3. The third-order valence-corrected chi connectivity index (χ3v) is 4.68. The van der Waals surface area contributed by atoms with E-state index < -0.39 is 16.7 Å². The minimum absolute atomic E-state index is 0.164. The van der Waals surface area contributed by atoms with E-state index in [-0.39, 0.29) is 17.9 Å². The van der Waals surface area contributed by atoms with E-state index in [0.29, 0.717) is 10.2 Å². The van der Waals surface area contributed by atoms with Crippen molar-refractivity contribution >= 4 is 33.4 Å². The first-order valence-corrected chi connectivity index (χ1v) is 9.55. The summed E-state index contributed by atoms with van der Waals surface area (Å²) in [6.45, 7) is -0.361. The number of hydrogen-bond acceptors (Lipinski definition) is 5. The number of halogens is 1. The lowest BCUT2D eigenvalue weighted by molar-refractivity contribution is -0.385. The molecule has 0 aliphatic heterocycles. The fourth-order valence-corrected chi connectivity index (χ4v) is 3.12. The fourth-order valence-electron chi connectivity index (χ4n) is 2.63. The summed E-state index contributed by atoms with van der Waals surface area (Å²) in [5.74, 6) is -0.972. The zero-order valence-corrected chi connectivity index (χ0v) is 17.1. The van der Waals surface area contributed by atoms with E-state index in [0.717, 1.165) is 11.1 Å². The van der Waals surface area contributed by atoms with Crippen LogP contribution in [0.15, 0.2) is 77.3 Å². The smallest absolute Gasteiger partial charge is 0.282 e. The van der Waals surface area contributed by atoms with Gasteiger partial charge in [0.05, 0.1) is 9.40 Å². The molecule has 0 radical (unpaired) electrons. The van der Waals surface area contributed by atoms with Gasteiger partial charge in [-0.05, 0) is 45.3 Å². The molecule has 3 rings (SSSR count). The predicted octanol–water partition coefficient (Wildman–Crippen LogP) is 3.86. The zero-order chi connectivity index (χ0) is 21.5. The van der Waals surface area contributed by atoms with Gasteiger partial charge < -0.3 is 4.74 Å². The number of para-hydroxylation sites is 1. The third kappa shape index (κ3) is 5.21. The van der Waals surface area contributed by atoms with E-state index in [1.165, 1.54) is 24.3 Å². The van der Waals surface area contributed by atoms with Gasteiger partial charge in [0, 0.05) is 6.07 Å². The van der Waals surface area contributed by atoms with Crippen molar-refractivity contribution in [3.8, 4) is 16.9 Å². The first-order valence-electron chi connectivity index (χ1n) is 8.76. The van der Waals surface area contributed by atoms with Crippen LogP contribution in [0.4, 0.5) is 5.69 Å². The molecule has 0 atom stereocenters. The SMILES string of the molecule is O=C(COc1ccc(-c2ccccc2)cc1Br)NNC(=O)c1ccccc1[N+](=O)[O-]. The monoisotopic (exact) mass is 469 g/mol. The van der Waals surface area contributed by atoms with E-state index in [1.807, 2.05) is 42.5 Å². The van der Waals surface area contributed by atoms with Crippen LogP contribution in [0.2, 0.25) is 0 Å². The number of ether oxygens (including phenoxy) is 1. The highest BCUT2D eigenvalue weighted by atomic mass is 79.9. The minimum Gasteiger partial charge on any atom is -0.483 e. The summed E-state index contributed by atoms with van der Waals surface area (Å²) in [5, 5.41) is 11.0. The van der Waals surface area contributed by atoms with Crippen LogP contribution in [-0.4, -0.2) is 23.3 Å². The van der Waals surface area contributed by atoms with Crippen molar-refractivity contribution in [2.24, 2.45) is 0 Å². The number of carbonyl (C=O) groups excluding carboxylic acids is 2. The first-order chi connectivity index (χ1) is 14.5. The van der Waals surface area contributed by atoms with Crippen LogP contribution in [0.5, 0.6) is 5.75 Å². The van der Waals surface area contributed by atoms with Crippen molar-refractivity contribution in [1.29, 1.82) is 0 Å². The zero-order valence-electron chi connectivity index (χ0n) is 15.5. The number of nitro benzene ring substituents is 1. The number of hydrogen-bond donors (Lipinski definition) is 2. The van der Waals surface area contributed by atoms with Gasteiger partial charge in [-0.25, -0.2) is 0 Å². The summed E-state index contributed by atoms with van der Waals surface area (Å²) < 4.78 is 6.14. The van der Waals surface area contributed by atoms with Gasteiger partial charge in [-0.2, -0.15) is 0 Å². The lowest BCUT2D eigenvalue weighted by atomic mass is 10.1. The van der Waals surface area contributed by atoms with E-state index in [4.69, 9.17) is 4.74 Å². The molecule has 0 bridgehead atoms. The molecular weight excluding hydrogens is 454 g/mol. The summed E-state index contributed by atoms with van der Waals surface area (Å²) in [7, 11) is 0. The van der Waals surface area contributed by atoms with Gasteiger partial charge in [0.1, 0.15) is 11.3 Å². The molecule has 0 aliphatic rings. The standard InChI is InChI=1S/C21H16BrN3O5/c22-17-12-15(14-6-2-1-3-7-14)10-11-19(17)30-13-20(26)23-24-21(27)16-8-4-5-9-18(16)25(28)29/h1-12H,13H2,(H,23,26)(H,24,27). The van der Waals surface area contributed by atoms with Gasteiger partial charge in [0.15, 0.2) is 6.61 Å². The molecule has 0 fully saturated rings. The van der Waals surface area contributed by atoms with Crippen molar-refractivity contribution in [1.82, 2.24) is 10.9 Å². The summed E-state index contributed by atoms with van der Waals surface area (Å²) >= 11 is 3.42. The molecule has 2 amide bonds. The van der Waals surface area contributed by atoms with Crippen LogP contribution in [0.1, 0.15) is 10.4 Å². The van der Waals surface area contributed by atoms with Crippen molar-refractivity contribution < 1.29 is 19.2 Å². The maximum absolute atomic E-state index is 12.1. The summed E-state index contributed by atoms with van der Waals surface area (Å²) in [4.78, 5) is 34.4. The van der Waals surface area contributed by atoms with E-state index in [1.54, 1.807) is 6.07 Å². The highest BCUT2D eigenvalue weighted by Gasteiger charge is 2.19. The minimum atomic E-state index is -0.802. The van der Waals surface area contributed by atoms with Gasteiger partial charge in [-0.3, -0.25) is 30.6 Å². The number of amides is 2. The molecule has 0 heterocycles. The highest BCUT2D eigenvalue weighted by molar-refractivity contribution is 9.10. The predicted molar refractivity (Wildman–Crippen MR) is 114 cm³/mol. The quantitative estimate of drug-likeness (QED) is 0.420. The fraction of sp³-hybridized carbons (Fsp3) is 0.0476.